The van der Waals surface area contributed by atoms with Gasteiger partial charge in [-0.3, -0.25) is 4.79 Å². The van der Waals surface area contributed by atoms with Gasteiger partial charge in [0.25, 0.3) is 6.47 Å². The third kappa shape index (κ3) is 1510. The van der Waals surface area contributed by atoms with Crippen LogP contribution < -0.4 is 0 Å². The molecule has 0 aromatic heterocycles. The zero-order chi connectivity index (χ0) is 2.71. The van der Waals surface area contributed by atoms with Crippen molar-refractivity contribution in [3.63, 3.8) is 0 Å². The highest BCUT2D eigenvalue weighted by molar-refractivity contribution is 7.59. The lowest BCUT2D eigenvalue weighted by Crippen LogP contribution is -1.49. The molecule has 0 saturated heterocycles. The predicted octanol–water partition coefficient (Wildman–Crippen LogP) is 0.235. The molecule has 0 atom stereocenters. The van der Waals surface area contributed by atoms with E-state index in [2.05, 4.69) is 0 Å². The fourth-order valence-corrected chi connectivity index (χ4v) is 0. The molecule has 0 heterocycles. The lowest BCUT2D eigenvalue weighted by Gasteiger charge is -1.34. The van der Waals surface area contributed by atoms with Crippen molar-refractivity contribution < 1.29 is 9.90 Å². The molecule has 0 amide bonds. The Kier molecular flexibility index (Phi) is 125. The molecule has 0 aliphatic heterocycles. The molecule has 0 unspecified atom stereocenters. The lowest BCUT2D eigenvalue weighted by molar-refractivity contribution is -0.122. The minimum Gasteiger partial charge on any atom is -0.483 e. The minimum atomic E-state index is -0.250. The Hall–Kier alpha value is 0.110. The SMILES string of the molecule is Cl.O=CO.S. The first-order valence-electron chi connectivity index (χ1n) is 0.494. The van der Waals surface area contributed by atoms with Crippen molar-refractivity contribution in [2.24, 2.45) is 0 Å². The van der Waals surface area contributed by atoms with Gasteiger partial charge in [-0.15, -0.1) is 12.4 Å². The monoisotopic (exact) mass is 116 g/mol. The maximum atomic E-state index is 8.36. The van der Waals surface area contributed by atoms with Crippen molar-refractivity contribution in [2.45, 2.75) is 0 Å². The summed E-state index contributed by atoms with van der Waals surface area (Å²) in [5.74, 6) is 0. The quantitative estimate of drug-likeness (QED) is 0.461. The normalized spacial score (nSPS) is 2.40. The molecule has 0 saturated carbocycles. The van der Waals surface area contributed by atoms with Gasteiger partial charge in [0.1, 0.15) is 0 Å². The fraction of sp³-hybridized carbons (Fsp3) is 0. The molecule has 0 rings (SSSR count). The Balaban J connectivity index is -0.0000000200. The van der Waals surface area contributed by atoms with Crippen molar-refractivity contribution in [2.75, 3.05) is 0 Å². The summed E-state index contributed by atoms with van der Waals surface area (Å²) in [6.07, 6.45) is 0. The number of hydrogen-bond donors (Lipinski definition) is 1. The molecule has 0 fully saturated rings. The van der Waals surface area contributed by atoms with E-state index in [-0.39, 0.29) is 32.4 Å². The van der Waals surface area contributed by atoms with Gasteiger partial charge in [-0.25, -0.2) is 0 Å². The number of carbonyl (C=O) groups is 1. The van der Waals surface area contributed by atoms with Crippen LogP contribution in [0.3, 0.4) is 0 Å². The standard InChI is InChI=1S/CH2O2.ClH.H2S/c2-1-3;;/h1H,(H,2,3);1H;1H2. The van der Waals surface area contributed by atoms with E-state index in [4.69, 9.17) is 9.90 Å². The van der Waals surface area contributed by atoms with Crippen LogP contribution in [0.25, 0.3) is 0 Å². The van der Waals surface area contributed by atoms with Gasteiger partial charge in [0.05, 0.1) is 0 Å². The average molecular weight is 117 g/mol. The summed E-state index contributed by atoms with van der Waals surface area (Å²) in [6.45, 7) is -0.250. The molecule has 5 heavy (non-hydrogen) atoms. The van der Waals surface area contributed by atoms with Gasteiger partial charge < -0.3 is 5.11 Å². The molecule has 0 radical (unpaired) electrons. The maximum Gasteiger partial charge on any atom is 0.290 e. The van der Waals surface area contributed by atoms with Crippen molar-refractivity contribution >= 4 is 32.4 Å². The highest BCUT2D eigenvalue weighted by Crippen LogP contribution is 0.966. The maximum absolute atomic E-state index is 8.36. The van der Waals surface area contributed by atoms with Crippen molar-refractivity contribution in [3.05, 3.63) is 0 Å². The van der Waals surface area contributed by atoms with Gasteiger partial charge in [0.2, 0.25) is 0 Å². The van der Waals surface area contributed by atoms with E-state index in [1.807, 2.05) is 0 Å². The molecule has 4 heteroatoms. The first-order valence-corrected chi connectivity index (χ1v) is 0.494. The lowest BCUT2D eigenvalue weighted by atomic mass is 11.7. The number of halogens is 1. The van der Waals surface area contributed by atoms with Crippen molar-refractivity contribution in [1.29, 1.82) is 0 Å². The summed E-state index contributed by atoms with van der Waals surface area (Å²) in [5, 5.41) is 6.89. The van der Waals surface area contributed by atoms with Crippen LogP contribution in [-0.2, 0) is 4.79 Å². The Labute approximate surface area is 43.0 Å². The number of rotatable bonds is 0. The van der Waals surface area contributed by atoms with E-state index in [0.717, 1.165) is 0 Å². The average Bonchev–Trinajstić information content (AvgIpc) is 0.918. The molecule has 0 aliphatic carbocycles. The highest BCUT2D eigenvalue weighted by atomic mass is 35.5. The molecular formula is CH5ClO2S. The van der Waals surface area contributed by atoms with Crippen LogP contribution in [0.2, 0.25) is 0 Å². The molecule has 1 N–H and O–H groups in total. The van der Waals surface area contributed by atoms with Gasteiger partial charge >= 0.3 is 0 Å². The second-order valence-electron chi connectivity index (χ2n) is 0.105. The molecular weight excluding hydrogens is 112 g/mol. The zero-order valence-electron chi connectivity index (χ0n) is 2.34. The Morgan fingerprint density at radius 3 is 1.60 bits per heavy atom. The van der Waals surface area contributed by atoms with E-state index >= 15 is 0 Å². The van der Waals surface area contributed by atoms with Crippen molar-refractivity contribution in [1.82, 2.24) is 0 Å². The van der Waals surface area contributed by atoms with E-state index in [1.165, 1.54) is 0 Å². The second kappa shape index (κ2) is 32.3. The highest BCUT2D eigenvalue weighted by Gasteiger charge is 1.22. The van der Waals surface area contributed by atoms with Gasteiger partial charge in [0, 0.05) is 0 Å². The molecule has 0 aliphatic rings. The summed E-state index contributed by atoms with van der Waals surface area (Å²) >= 11 is 0. The molecule has 0 aromatic carbocycles. The first kappa shape index (κ1) is 19.4. The third-order valence-corrected chi connectivity index (χ3v) is 0. The minimum absolute atomic E-state index is 0. The number of hydrogen-bond acceptors (Lipinski definition) is 1. The van der Waals surface area contributed by atoms with E-state index in [0.29, 0.717) is 0 Å². The van der Waals surface area contributed by atoms with Gasteiger partial charge in [-0.05, 0) is 0 Å². The Morgan fingerprint density at radius 1 is 1.60 bits per heavy atom. The van der Waals surface area contributed by atoms with Crippen LogP contribution in [-0.4, -0.2) is 11.6 Å². The topological polar surface area (TPSA) is 37.3 Å². The first-order chi connectivity index (χ1) is 1.41. The van der Waals surface area contributed by atoms with Crippen LogP contribution in [0.5, 0.6) is 0 Å². The second-order valence-corrected chi connectivity index (χ2v) is 0.105. The summed E-state index contributed by atoms with van der Waals surface area (Å²) in [7, 11) is 0. The molecule has 34 valence electrons. The van der Waals surface area contributed by atoms with Crippen LogP contribution in [0, 0.1) is 0 Å². The van der Waals surface area contributed by atoms with Crippen LogP contribution >= 0.6 is 25.9 Å². The Morgan fingerprint density at radius 2 is 1.60 bits per heavy atom. The fourth-order valence-electron chi connectivity index (χ4n) is 0. The molecule has 0 aromatic rings. The van der Waals surface area contributed by atoms with Gasteiger partial charge in [0.15, 0.2) is 0 Å². The van der Waals surface area contributed by atoms with Crippen LogP contribution in [0.4, 0.5) is 0 Å². The number of carboxylic acid groups (broad SMARTS) is 1. The van der Waals surface area contributed by atoms with E-state index < -0.39 is 0 Å². The Bertz CT molecular complexity index is 17.1. The van der Waals surface area contributed by atoms with E-state index in [1.54, 1.807) is 0 Å². The third-order valence-electron chi connectivity index (χ3n) is 0. The molecule has 0 spiro atoms. The molecule has 2 nitrogen and oxygen atoms in total. The van der Waals surface area contributed by atoms with Crippen molar-refractivity contribution in [3.8, 4) is 0 Å². The van der Waals surface area contributed by atoms with Gasteiger partial charge in [-0.2, -0.15) is 13.5 Å². The summed E-state index contributed by atoms with van der Waals surface area (Å²) < 4.78 is 0. The van der Waals surface area contributed by atoms with Crippen LogP contribution in [0.1, 0.15) is 0 Å². The summed E-state index contributed by atoms with van der Waals surface area (Å²) in [5.41, 5.74) is 0. The smallest absolute Gasteiger partial charge is 0.290 e. The largest absolute Gasteiger partial charge is 0.483 e. The van der Waals surface area contributed by atoms with Gasteiger partial charge in [-0.1, -0.05) is 0 Å². The zero-order valence-corrected chi connectivity index (χ0v) is 4.16. The van der Waals surface area contributed by atoms with Crippen LogP contribution in [0.15, 0.2) is 0 Å². The molecule has 0 bridgehead atoms. The van der Waals surface area contributed by atoms with E-state index in [9.17, 15) is 0 Å². The summed E-state index contributed by atoms with van der Waals surface area (Å²) in [6, 6.07) is 0. The predicted molar refractivity (Wildman–Crippen MR) is 26.3 cm³/mol. The summed E-state index contributed by atoms with van der Waals surface area (Å²) in [4.78, 5) is 8.36.